The lowest BCUT2D eigenvalue weighted by Gasteiger charge is -2.27. The molecule has 1 aromatic rings. The molecule has 0 saturated carbocycles. The third-order valence-electron chi connectivity index (χ3n) is 3.70. The second kappa shape index (κ2) is 6.70. The normalized spacial score (nSPS) is 14.3. The Bertz CT molecular complexity index is 480. The fourth-order valence-corrected chi connectivity index (χ4v) is 1.64. The van der Waals surface area contributed by atoms with Crippen molar-refractivity contribution in [1.82, 2.24) is 5.32 Å². The van der Waals surface area contributed by atoms with Crippen molar-refractivity contribution in [1.29, 1.82) is 0 Å². The summed E-state index contributed by atoms with van der Waals surface area (Å²) in [5.41, 5.74) is 6.58. The number of hydrogen-bond donors (Lipinski definition) is 3. The van der Waals surface area contributed by atoms with Gasteiger partial charge in [-0.05, 0) is 23.9 Å². The van der Waals surface area contributed by atoms with E-state index in [9.17, 15) is 4.39 Å². The number of hydrogen-bond acceptors (Lipinski definition) is 3. The van der Waals surface area contributed by atoms with Crippen LogP contribution < -0.4 is 11.1 Å². The van der Waals surface area contributed by atoms with Gasteiger partial charge in [-0.1, -0.05) is 45.0 Å². The first-order chi connectivity index (χ1) is 9.25. The molecule has 0 saturated heterocycles. The van der Waals surface area contributed by atoms with Crippen molar-refractivity contribution in [3.63, 3.8) is 0 Å². The van der Waals surface area contributed by atoms with Crippen molar-refractivity contribution in [2.75, 3.05) is 6.54 Å². The zero-order chi connectivity index (χ0) is 15.3. The molecule has 1 rings (SSSR count). The van der Waals surface area contributed by atoms with Gasteiger partial charge in [-0.3, -0.25) is 0 Å². The first-order valence-electron chi connectivity index (χ1n) is 6.72. The van der Waals surface area contributed by atoms with Crippen LogP contribution in [-0.2, 0) is 6.54 Å². The minimum absolute atomic E-state index is 0.0928. The van der Waals surface area contributed by atoms with Crippen molar-refractivity contribution in [2.24, 2.45) is 22.2 Å². The van der Waals surface area contributed by atoms with Crippen LogP contribution in [0.15, 0.2) is 23.4 Å². The lowest BCUT2D eigenvalue weighted by atomic mass is 9.82. The summed E-state index contributed by atoms with van der Waals surface area (Å²) in [4.78, 5) is 0. The standard InChI is InChI=1S/C15H24FN3O/c1-10(15(2,3)4)8-18-9-12-6-5-11(7-13(12)16)14(17)19-20/h5-7,10,18,20H,8-9H2,1-4H3,(H2,17,19). The van der Waals surface area contributed by atoms with Crippen LogP contribution in [0, 0.1) is 17.2 Å². The summed E-state index contributed by atoms with van der Waals surface area (Å²) in [6, 6.07) is 4.57. The van der Waals surface area contributed by atoms with Crippen molar-refractivity contribution < 1.29 is 9.60 Å². The summed E-state index contributed by atoms with van der Waals surface area (Å²) in [7, 11) is 0. The minimum atomic E-state index is -0.356. The highest BCUT2D eigenvalue weighted by Crippen LogP contribution is 2.24. The van der Waals surface area contributed by atoms with Crippen LogP contribution in [0.3, 0.4) is 0 Å². The first-order valence-corrected chi connectivity index (χ1v) is 6.72. The monoisotopic (exact) mass is 281 g/mol. The number of nitrogens with zero attached hydrogens (tertiary/aromatic N) is 1. The van der Waals surface area contributed by atoms with Gasteiger partial charge in [0, 0.05) is 17.7 Å². The predicted molar refractivity (Wildman–Crippen MR) is 79.2 cm³/mol. The summed E-state index contributed by atoms with van der Waals surface area (Å²) >= 11 is 0. The van der Waals surface area contributed by atoms with Gasteiger partial charge in [-0.25, -0.2) is 4.39 Å². The fourth-order valence-electron chi connectivity index (χ4n) is 1.64. The average Bonchev–Trinajstić information content (AvgIpc) is 2.38. The maximum Gasteiger partial charge on any atom is 0.170 e. The minimum Gasteiger partial charge on any atom is -0.409 e. The Hall–Kier alpha value is -1.62. The lowest BCUT2D eigenvalue weighted by Crippen LogP contribution is -2.29. The van der Waals surface area contributed by atoms with Crippen LogP contribution >= 0.6 is 0 Å². The zero-order valence-electron chi connectivity index (χ0n) is 12.6. The van der Waals surface area contributed by atoms with Gasteiger partial charge in [0.15, 0.2) is 5.84 Å². The number of rotatable bonds is 5. The molecule has 0 heterocycles. The van der Waals surface area contributed by atoms with Crippen LogP contribution in [0.4, 0.5) is 4.39 Å². The molecule has 20 heavy (non-hydrogen) atoms. The van der Waals surface area contributed by atoms with Crippen molar-refractivity contribution >= 4 is 5.84 Å². The van der Waals surface area contributed by atoms with E-state index in [-0.39, 0.29) is 17.1 Å². The molecule has 1 atom stereocenters. The maximum atomic E-state index is 13.9. The van der Waals surface area contributed by atoms with E-state index in [1.807, 2.05) is 0 Å². The van der Waals surface area contributed by atoms with E-state index in [1.165, 1.54) is 6.07 Å². The maximum absolute atomic E-state index is 13.9. The Morgan fingerprint density at radius 1 is 1.45 bits per heavy atom. The Morgan fingerprint density at radius 3 is 2.60 bits per heavy atom. The van der Waals surface area contributed by atoms with Gasteiger partial charge in [0.05, 0.1) is 0 Å². The number of halogens is 1. The number of amidine groups is 1. The number of nitrogens with one attached hydrogen (secondary N) is 1. The molecule has 0 bridgehead atoms. The first kappa shape index (κ1) is 16.4. The predicted octanol–water partition coefficient (Wildman–Crippen LogP) is 2.69. The summed E-state index contributed by atoms with van der Waals surface area (Å²) < 4.78 is 13.9. The molecular formula is C15H24FN3O. The topological polar surface area (TPSA) is 70.6 Å². The average molecular weight is 281 g/mol. The smallest absolute Gasteiger partial charge is 0.170 e. The molecular weight excluding hydrogens is 257 g/mol. The van der Waals surface area contributed by atoms with Crippen LogP contribution in [0.1, 0.15) is 38.8 Å². The fraction of sp³-hybridized carbons (Fsp3) is 0.533. The molecule has 0 aliphatic carbocycles. The molecule has 4 nitrogen and oxygen atoms in total. The highest BCUT2D eigenvalue weighted by molar-refractivity contribution is 5.97. The highest BCUT2D eigenvalue weighted by atomic mass is 19.1. The van der Waals surface area contributed by atoms with Gasteiger partial charge in [0.25, 0.3) is 0 Å². The van der Waals surface area contributed by atoms with Gasteiger partial charge in [0.2, 0.25) is 0 Å². The van der Waals surface area contributed by atoms with E-state index in [4.69, 9.17) is 10.9 Å². The Labute approximate surface area is 119 Å². The zero-order valence-corrected chi connectivity index (χ0v) is 12.6. The molecule has 0 radical (unpaired) electrons. The summed E-state index contributed by atoms with van der Waals surface area (Å²) in [5.74, 6) is 0.0387. The van der Waals surface area contributed by atoms with Crippen LogP contribution in [0.2, 0.25) is 0 Å². The Morgan fingerprint density at radius 2 is 2.10 bits per heavy atom. The van der Waals surface area contributed by atoms with Gasteiger partial charge >= 0.3 is 0 Å². The van der Waals surface area contributed by atoms with E-state index < -0.39 is 0 Å². The molecule has 1 unspecified atom stereocenters. The van der Waals surface area contributed by atoms with Crippen LogP contribution in [0.25, 0.3) is 0 Å². The summed E-state index contributed by atoms with van der Waals surface area (Å²) in [6.45, 7) is 10.0. The Balaban J connectivity index is 2.62. The van der Waals surface area contributed by atoms with Crippen molar-refractivity contribution in [3.05, 3.63) is 35.1 Å². The Kier molecular flexibility index (Phi) is 5.51. The largest absolute Gasteiger partial charge is 0.409 e. The third kappa shape index (κ3) is 4.49. The second-order valence-corrected chi connectivity index (χ2v) is 6.19. The van der Waals surface area contributed by atoms with E-state index >= 15 is 0 Å². The van der Waals surface area contributed by atoms with Crippen LogP contribution in [-0.4, -0.2) is 17.6 Å². The molecule has 112 valence electrons. The summed E-state index contributed by atoms with van der Waals surface area (Å²) in [6.07, 6.45) is 0. The van der Waals surface area contributed by atoms with Gasteiger partial charge in [-0.15, -0.1) is 0 Å². The third-order valence-corrected chi connectivity index (χ3v) is 3.70. The molecule has 0 aliphatic rings. The van der Waals surface area contributed by atoms with E-state index in [0.717, 1.165) is 6.54 Å². The number of nitrogens with two attached hydrogens (primary N) is 1. The molecule has 0 fully saturated rings. The number of oxime groups is 1. The number of benzene rings is 1. The van der Waals surface area contributed by atoms with Gasteiger partial charge in [-0.2, -0.15) is 0 Å². The molecule has 0 amide bonds. The molecule has 0 aliphatic heterocycles. The quantitative estimate of drug-likeness (QED) is 0.336. The van der Waals surface area contributed by atoms with Gasteiger partial charge in [0.1, 0.15) is 5.82 Å². The molecule has 5 heteroatoms. The van der Waals surface area contributed by atoms with Crippen LogP contribution in [0.5, 0.6) is 0 Å². The highest BCUT2D eigenvalue weighted by Gasteiger charge is 2.19. The molecule has 4 N–H and O–H groups in total. The molecule has 1 aromatic carbocycles. The van der Waals surface area contributed by atoms with Gasteiger partial charge < -0.3 is 16.3 Å². The van der Waals surface area contributed by atoms with Crippen molar-refractivity contribution in [3.8, 4) is 0 Å². The lowest BCUT2D eigenvalue weighted by molar-refractivity contribution is 0.252. The second-order valence-electron chi connectivity index (χ2n) is 6.19. The molecule has 0 aromatic heterocycles. The van der Waals surface area contributed by atoms with E-state index in [0.29, 0.717) is 23.6 Å². The van der Waals surface area contributed by atoms with Crippen molar-refractivity contribution in [2.45, 2.75) is 34.2 Å². The summed E-state index contributed by atoms with van der Waals surface area (Å²) in [5, 5.41) is 14.7. The SMILES string of the molecule is CC(CNCc1ccc(/C(N)=N/O)cc1F)C(C)(C)C. The molecule has 0 spiro atoms. The van der Waals surface area contributed by atoms with E-state index in [2.05, 4.69) is 38.2 Å². The van der Waals surface area contributed by atoms with E-state index in [1.54, 1.807) is 12.1 Å².